The number of carbonyl (C=O) groups is 4. The highest BCUT2D eigenvalue weighted by atomic mass is 16.6. The number of Topliss-reactive ketones (excluding diaryl/α,β-unsaturated/α-hetero) is 1. The third kappa shape index (κ3) is 4.93. The third-order valence-corrected chi connectivity index (χ3v) is 6.26. The number of aliphatic hydroxyl groups is 2. The summed E-state index contributed by atoms with van der Waals surface area (Å²) in [4.78, 5) is 47.1. The van der Waals surface area contributed by atoms with E-state index in [1.165, 1.54) is 30.3 Å². The van der Waals surface area contributed by atoms with Gasteiger partial charge in [0.15, 0.2) is 11.9 Å². The quantitative estimate of drug-likeness (QED) is 0.283. The first-order valence-corrected chi connectivity index (χ1v) is 11.5. The van der Waals surface area contributed by atoms with Crippen molar-refractivity contribution in [3.63, 3.8) is 0 Å². The molecular formula is C26H22N2O10. The van der Waals surface area contributed by atoms with Gasteiger partial charge in [-0.15, -0.1) is 0 Å². The van der Waals surface area contributed by atoms with E-state index in [1.807, 2.05) is 0 Å². The molecule has 2 heterocycles. The molecule has 12 nitrogen and oxygen atoms in total. The fourth-order valence-corrected chi connectivity index (χ4v) is 4.12. The Kier molecular flexibility index (Phi) is 6.55. The molecule has 4 aliphatic rings. The SMILES string of the molecule is O=C(NC1=CC(=O)C2OC2C1O)c1ccccc1O.O=C(NC1=CC(O)C2OC2C1=O)c1ccccc1O. The second kappa shape index (κ2) is 9.84. The molecule has 0 bridgehead atoms. The standard InChI is InChI=1S/2C13H11NO5/c2*15-8-4-2-1-3-6(8)13(18)14-7-5-9(16)11-12(19-11)10(7)17/h1-5,10-12,15,17H,(H,14,18);1-5,9,11-12,15-16H,(H,14,18). The number of amides is 2. The van der Waals surface area contributed by atoms with E-state index in [9.17, 15) is 39.6 Å². The second-order valence-corrected chi connectivity index (χ2v) is 8.87. The van der Waals surface area contributed by atoms with E-state index in [4.69, 9.17) is 9.47 Å². The van der Waals surface area contributed by atoms with Crippen molar-refractivity contribution in [1.29, 1.82) is 0 Å². The molecule has 38 heavy (non-hydrogen) atoms. The summed E-state index contributed by atoms with van der Waals surface area (Å²) in [5, 5.41) is 43.3. The third-order valence-electron chi connectivity index (χ3n) is 6.26. The van der Waals surface area contributed by atoms with Gasteiger partial charge in [-0.05, 0) is 30.3 Å². The van der Waals surface area contributed by atoms with Crippen LogP contribution in [0.5, 0.6) is 11.5 Å². The number of ether oxygens (including phenoxy) is 2. The van der Waals surface area contributed by atoms with Crippen molar-refractivity contribution in [2.24, 2.45) is 0 Å². The fraction of sp³-hybridized carbons (Fsp3) is 0.231. The predicted octanol–water partition coefficient (Wildman–Crippen LogP) is -0.566. The minimum absolute atomic E-state index is 0.000460. The minimum atomic E-state index is -1.03. The molecule has 2 saturated heterocycles. The molecule has 6 N–H and O–H groups in total. The molecular weight excluding hydrogens is 500 g/mol. The number of aromatic hydroxyl groups is 2. The van der Waals surface area contributed by atoms with Gasteiger partial charge in [0.2, 0.25) is 5.78 Å². The largest absolute Gasteiger partial charge is 0.507 e. The molecule has 0 radical (unpaired) electrons. The monoisotopic (exact) mass is 522 g/mol. The number of hydrogen-bond acceptors (Lipinski definition) is 10. The van der Waals surface area contributed by atoms with Crippen molar-refractivity contribution in [3.05, 3.63) is 83.2 Å². The topological polar surface area (TPSA) is 198 Å². The molecule has 2 amide bonds. The molecule has 0 spiro atoms. The van der Waals surface area contributed by atoms with E-state index < -0.39 is 48.4 Å². The lowest BCUT2D eigenvalue weighted by Crippen LogP contribution is -2.37. The van der Waals surface area contributed by atoms with E-state index in [0.29, 0.717) is 0 Å². The van der Waals surface area contributed by atoms with Crippen LogP contribution in [0.25, 0.3) is 0 Å². The van der Waals surface area contributed by atoms with Crippen molar-refractivity contribution < 1.29 is 49.1 Å². The van der Waals surface area contributed by atoms with E-state index in [1.54, 1.807) is 24.3 Å². The molecule has 2 aliphatic heterocycles. The molecule has 2 fully saturated rings. The van der Waals surface area contributed by atoms with E-state index >= 15 is 0 Å². The maximum absolute atomic E-state index is 11.9. The lowest BCUT2D eigenvalue weighted by atomic mass is 10.0. The number of epoxide rings is 2. The number of phenols is 2. The summed E-state index contributed by atoms with van der Waals surface area (Å²) in [6.45, 7) is 0. The summed E-state index contributed by atoms with van der Waals surface area (Å²) in [5.74, 6) is -2.18. The normalized spacial score (nSPS) is 28.4. The van der Waals surface area contributed by atoms with Crippen LogP contribution in [0, 0.1) is 0 Å². The molecule has 6 rings (SSSR count). The number of phenolic OH excluding ortho intramolecular Hbond substituents is 2. The highest BCUT2D eigenvalue weighted by Gasteiger charge is 2.54. The van der Waals surface area contributed by atoms with Crippen LogP contribution in [0.1, 0.15) is 20.7 Å². The first kappa shape index (κ1) is 25.3. The van der Waals surface area contributed by atoms with Crippen LogP contribution in [0.15, 0.2) is 72.1 Å². The Morgan fingerprint density at radius 2 is 1.32 bits per heavy atom. The van der Waals surface area contributed by atoms with Gasteiger partial charge < -0.3 is 40.5 Å². The average Bonchev–Trinajstić information content (AvgIpc) is 3.80. The molecule has 0 aromatic heterocycles. The minimum Gasteiger partial charge on any atom is -0.507 e. The fourth-order valence-electron chi connectivity index (χ4n) is 4.12. The van der Waals surface area contributed by atoms with Gasteiger partial charge in [0.05, 0.1) is 22.5 Å². The summed E-state index contributed by atoms with van der Waals surface area (Å²) in [7, 11) is 0. The van der Waals surface area contributed by atoms with Crippen LogP contribution in [0.3, 0.4) is 0 Å². The molecule has 2 aromatic rings. The average molecular weight is 522 g/mol. The first-order valence-electron chi connectivity index (χ1n) is 11.5. The van der Waals surface area contributed by atoms with Crippen molar-refractivity contribution in [2.45, 2.75) is 36.6 Å². The maximum Gasteiger partial charge on any atom is 0.259 e. The van der Waals surface area contributed by atoms with Crippen LogP contribution < -0.4 is 10.6 Å². The number of fused-ring (bicyclic) bond motifs is 2. The van der Waals surface area contributed by atoms with Crippen LogP contribution in [0.2, 0.25) is 0 Å². The van der Waals surface area contributed by atoms with Gasteiger partial charge in [0, 0.05) is 6.08 Å². The van der Waals surface area contributed by atoms with Gasteiger partial charge in [-0.2, -0.15) is 0 Å². The Morgan fingerprint density at radius 3 is 1.92 bits per heavy atom. The molecule has 2 aromatic carbocycles. The van der Waals surface area contributed by atoms with Crippen LogP contribution >= 0.6 is 0 Å². The zero-order valence-corrected chi connectivity index (χ0v) is 19.5. The lowest BCUT2D eigenvalue weighted by molar-refractivity contribution is -0.117. The number of hydrogen-bond donors (Lipinski definition) is 6. The predicted molar refractivity (Wildman–Crippen MR) is 127 cm³/mol. The van der Waals surface area contributed by atoms with Crippen LogP contribution in [-0.4, -0.2) is 80.4 Å². The number of aliphatic hydroxyl groups excluding tert-OH is 2. The zero-order chi connectivity index (χ0) is 27.1. The maximum atomic E-state index is 11.9. The van der Waals surface area contributed by atoms with Crippen LogP contribution in [0.4, 0.5) is 0 Å². The molecule has 2 aliphatic carbocycles. The van der Waals surface area contributed by atoms with E-state index in [2.05, 4.69) is 10.6 Å². The Labute approximate surface area is 214 Å². The van der Waals surface area contributed by atoms with Gasteiger partial charge >= 0.3 is 0 Å². The lowest BCUT2D eigenvalue weighted by Gasteiger charge is -2.17. The van der Waals surface area contributed by atoms with Crippen LogP contribution in [-0.2, 0) is 19.1 Å². The molecule has 0 saturated carbocycles. The summed E-state index contributed by atoms with van der Waals surface area (Å²) >= 11 is 0. The Balaban J connectivity index is 0.000000155. The second-order valence-electron chi connectivity index (χ2n) is 8.87. The molecule has 6 atom stereocenters. The summed E-state index contributed by atoms with van der Waals surface area (Å²) in [5.41, 5.74) is 0.225. The Hall–Kier alpha value is -4.36. The number of carbonyl (C=O) groups excluding carboxylic acids is 4. The summed E-state index contributed by atoms with van der Waals surface area (Å²) in [6, 6.07) is 12.0. The van der Waals surface area contributed by atoms with E-state index in [0.717, 1.165) is 6.08 Å². The van der Waals surface area contributed by atoms with E-state index in [-0.39, 0.29) is 45.6 Å². The first-order chi connectivity index (χ1) is 18.2. The van der Waals surface area contributed by atoms with Crippen molar-refractivity contribution in [3.8, 4) is 11.5 Å². The van der Waals surface area contributed by atoms with Gasteiger partial charge in [0.25, 0.3) is 11.8 Å². The van der Waals surface area contributed by atoms with Gasteiger partial charge in [-0.25, -0.2) is 0 Å². The highest BCUT2D eigenvalue weighted by Crippen LogP contribution is 2.34. The van der Waals surface area contributed by atoms with Gasteiger partial charge in [-0.1, -0.05) is 24.3 Å². The number of para-hydroxylation sites is 2. The Morgan fingerprint density at radius 1 is 0.763 bits per heavy atom. The highest BCUT2D eigenvalue weighted by molar-refractivity contribution is 6.08. The number of rotatable bonds is 4. The molecule has 12 heteroatoms. The van der Waals surface area contributed by atoms with Crippen molar-refractivity contribution in [1.82, 2.24) is 10.6 Å². The molecule has 6 unspecified atom stereocenters. The number of benzene rings is 2. The summed E-state index contributed by atoms with van der Waals surface area (Å²) < 4.78 is 9.98. The van der Waals surface area contributed by atoms with Gasteiger partial charge in [-0.3, -0.25) is 19.2 Å². The van der Waals surface area contributed by atoms with Gasteiger partial charge in [0.1, 0.15) is 42.0 Å². The zero-order valence-electron chi connectivity index (χ0n) is 19.5. The van der Waals surface area contributed by atoms with Crippen molar-refractivity contribution in [2.75, 3.05) is 0 Å². The summed E-state index contributed by atoms with van der Waals surface area (Å²) in [6.07, 6.45) is -1.82. The number of nitrogens with one attached hydrogen (secondary N) is 2. The Bertz CT molecular complexity index is 1400. The molecule has 196 valence electrons. The smallest absolute Gasteiger partial charge is 0.259 e. The van der Waals surface area contributed by atoms with Crippen molar-refractivity contribution >= 4 is 23.4 Å². The number of ketones is 2.